The van der Waals surface area contributed by atoms with E-state index < -0.39 is 0 Å². The van der Waals surface area contributed by atoms with E-state index in [1.54, 1.807) is 4.40 Å². The first-order valence-corrected chi connectivity index (χ1v) is 11.1. The van der Waals surface area contributed by atoms with Crippen molar-refractivity contribution in [3.8, 4) is 0 Å². The predicted molar refractivity (Wildman–Crippen MR) is 132 cm³/mol. The number of benzene rings is 3. The second kappa shape index (κ2) is 7.71. The van der Waals surface area contributed by atoms with Crippen LogP contribution >= 0.6 is 0 Å². The third-order valence-corrected chi connectivity index (χ3v) is 6.27. The van der Waals surface area contributed by atoms with Gasteiger partial charge in [0.15, 0.2) is 0 Å². The maximum atomic E-state index is 13.3. The second-order valence-corrected chi connectivity index (χ2v) is 8.30. The zero-order valence-corrected chi connectivity index (χ0v) is 17.9. The van der Waals surface area contributed by atoms with Gasteiger partial charge < -0.3 is 5.32 Å². The maximum Gasteiger partial charge on any atom is 0.269 e. The van der Waals surface area contributed by atoms with Gasteiger partial charge in [-0.05, 0) is 36.6 Å². The highest BCUT2D eigenvalue weighted by Gasteiger charge is 2.20. The summed E-state index contributed by atoms with van der Waals surface area (Å²) < 4.78 is 1.73. The Balaban J connectivity index is 1.44. The lowest BCUT2D eigenvalue weighted by Gasteiger charge is -2.09. The summed E-state index contributed by atoms with van der Waals surface area (Å²) in [7, 11) is 0. The first-order chi connectivity index (χ1) is 16.2. The van der Waals surface area contributed by atoms with Crippen LogP contribution in [0.4, 0.5) is 0 Å². The molecule has 0 aliphatic carbocycles. The van der Waals surface area contributed by atoms with Crippen molar-refractivity contribution in [3.05, 3.63) is 107 Å². The number of fused-ring (bicyclic) bond motifs is 5. The molecule has 3 heterocycles. The first-order valence-electron chi connectivity index (χ1n) is 11.1. The smallest absolute Gasteiger partial charge is 0.269 e. The number of amides is 1. The average Bonchev–Trinajstić information content (AvgIpc) is 3.20. The molecule has 0 unspecified atom stereocenters. The van der Waals surface area contributed by atoms with Gasteiger partial charge in [-0.2, -0.15) is 0 Å². The Morgan fingerprint density at radius 3 is 2.33 bits per heavy atom. The molecule has 33 heavy (non-hydrogen) atoms. The number of para-hydroxylation sites is 1. The van der Waals surface area contributed by atoms with Crippen molar-refractivity contribution in [3.63, 3.8) is 0 Å². The van der Waals surface area contributed by atoms with Crippen LogP contribution in [-0.4, -0.2) is 21.8 Å². The summed E-state index contributed by atoms with van der Waals surface area (Å²) in [5.74, 6) is -0.201. The molecule has 0 radical (unpaired) electrons. The number of hydrogen-bond acceptors (Lipinski definition) is 3. The molecule has 0 spiro atoms. The zero-order chi connectivity index (χ0) is 22.4. The van der Waals surface area contributed by atoms with E-state index in [-0.39, 0.29) is 11.5 Å². The summed E-state index contributed by atoms with van der Waals surface area (Å²) in [4.78, 5) is 31.1. The summed E-state index contributed by atoms with van der Waals surface area (Å²) in [6.45, 7) is 0.569. The van der Waals surface area contributed by atoms with E-state index in [9.17, 15) is 9.59 Å². The van der Waals surface area contributed by atoms with Crippen LogP contribution in [0.1, 0.15) is 22.5 Å². The highest BCUT2D eigenvalue weighted by Crippen LogP contribution is 2.33. The van der Waals surface area contributed by atoms with E-state index in [4.69, 9.17) is 4.98 Å². The van der Waals surface area contributed by atoms with Crippen LogP contribution in [0.15, 0.2) is 89.7 Å². The van der Waals surface area contributed by atoms with Gasteiger partial charge in [0.1, 0.15) is 5.69 Å². The summed E-state index contributed by atoms with van der Waals surface area (Å²) >= 11 is 0. The minimum atomic E-state index is -0.201. The van der Waals surface area contributed by atoms with Crippen molar-refractivity contribution < 1.29 is 4.79 Å². The standard InChI is InChI=1S/C28H21N3O2/c32-27(29-16-8-11-18-9-2-1-3-10-18)23-17-22-19-12-6-7-15-24(19)31-26(22)25(30-23)20-13-4-5-14-21(20)28(31)33/h1-7,9-10,12-15,17H,8,11,16H2,(H,29,32). The van der Waals surface area contributed by atoms with E-state index in [0.29, 0.717) is 23.1 Å². The summed E-state index contributed by atoms with van der Waals surface area (Å²) in [6, 6.07) is 27.3. The molecule has 3 aromatic carbocycles. The Bertz CT molecular complexity index is 1700. The van der Waals surface area contributed by atoms with Gasteiger partial charge in [0.2, 0.25) is 0 Å². The second-order valence-electron chi connectivity index (χ2n) is 8.30. The minimum absolute atomic E-state index is 0.0655. The number of nitrogens with zero attached hydrogens (tertiary/aromatic N) is 2. The molecule has 5 heteroatoms. The monoisotopic (exact) mass is 431 g/mol. The molecule has 160 valence electrons. The molecular formula is C28H21N3O2. The van der Waals surface area contributed by atoms with Crippen LogP contribution in [0, 0.1) is 0 Å². The third-order valence-electron chi connectivity index (χ3n) is 6.27. The fourth-order valence-corrected chi connectivity index (χ4v) is 4.73. The molecule has 6 aromatic rings. The lowest BCUT2D eigenvalue weighted by molar-refractivity contribution is 0.0948. The molecule has 0 aliphatic rings. The van der Waals surface area contributed by atoms with Gasteiger partial charge in [-0.3, -0.25) is 14.0 Å². The van der Waals surface area contributed by atoms with Crippen LogP contribution in [0.2, 0.25) is 0 Å². The van der Waals surface area contributed by atoms with Gasteiger partial charge in [0.05, 0.1) is 16.6 Å². The molecule has 3 aromatic heterocycles. The molecule has 6 rings (SSSR count). The predicted octanol–water partition coefficient (Wildman–Crippen LogP) is 4.95. The lowest BCUT2D eigenvalue weighted by Crippen LogP contribution is -2.26. The Labute approximate surface area is 189 Å². The van der Waals surface area contributed by atoms with Gasteiger partial charge >= 0.3 is 0 Å². The molecule has 0 atom stereocenters. The van der Waals surface area contributed by atoms with Crippen LogP contribution < -0.4 is 10.9 Å². The Hall–Kier alpha value is -4.25. The van der Waals surface area contributed by atoms with Crippen LogP contribution in [0.5, 0.6) is 0 Å². The number of carbonyl (C=O) groups excluding carboxylic acids is 1. The lowest BCUT2D eigenvalue weighted by atomic mass is 10.1. The molecule has 1 N–H and O–H groups in total. The zero-order valence-electron chi connectivity index (χ0n) is 17.9. The number of nitrogens with one attached hydrogen (secondary N) is 1. The number of carbonyl (C=O) groups is 1. The fraction of sp³-hybridized carbons (Fsp3) is 0.107. The Kier molecular flexibility index (Phi) is 4.54. The van der Waals surface area contributed by atoms with E-state index >= 15 is 0 Å². The average molecular weight is 431 g/mol. The minimum Gasteiger partial charge on any atom is -0.351 e. The molecule has 5 nitrogen and oxygen atoms in total. The maximum absolute atomic E-state index is 13.3. The van der Waals surface area contributed by atoms with Crippen LogP contribution in [0.25, 0.3) is 38.1 Å². The van der Waals surface area contributed by atoms with Crippen LogP contribution in [-0.2, 0) is 6.42 Å². The molecule has 1 amide bonds. The Morgan fingerprint density at radius 2 is 1.52 bits per heavy atom. The normalized spacial score (nSPS) is 11.6. The summed E-state index contributed by atoms with van der Waals surface area (Å²) in [5.41, 5.74) is 3.82. The third kappa shape index (κ3) is 3.12. The number of aromatic nitrogens is 2. The molecular weight excluding hydrogens is 410 g/mol. The Morgan fingerprint density at radius 1 is 0.818 bits per heavy atom. The molecule has 0 fully saturated rings. The summed E-state index contributed by atoms with van der Waals surface area (Å²) in [5, 5.41) is 6.19. The van der Waals surface area contributed by atoms with E-state index in [1.807, 2.05) is 72.8 Å². The first kappa shape index (κ1) is 19.4. The van der Waals surface area contributed by atoms with E-state index in [2.05, 4.69) is 17.4 Å². The summed E-state index contributed by atoms with van der Waals surface area (Å²) in [6.07, 6.45) is 1.75. The van der Waals surface area contributed by atoms with E-state index in [0.717, 1.165) is 40.0 Å². The highest BCUT2D eigenvalue weighted by atomic mass is 16.2. The fourth-order valence-electron chi connectivity index (χ4n) is 4.73. The number of hydrogen-bond donors (Lipinski definition) is 1. The van der Waals surface area contributed by atoms with Crippen molar-refractivity contribution in [2.75, 3.05) is 6.54 Å². The highest BCUT2D eigenvalue weighted by molar-refractivity contribution is 6.20. The van der Waals surface area contributed by atoms with E-state index in [1.165, 1.54) is 5.56 Å². The van der Waals surface area contributed by atoms with Crippen molar-refractivity contribution in [1.82, 2.24) is 14.7 Å². The van der Waals surface area contributed by atoms with Gasteiger partial charge in [0, 0.05) is 28.1 Å². The molecule has 0 aliphatic heterocycles. The van der Waals surface area contributed by atoms with Crippen molar-refractivity contribution >= 4 is 44.0 Å². The quantitative estimate of drug-likeness (QED) is 0.310. The van der Waals surface area contributed by atoms with Crippen LogP contribution in [0.3, 0.4) is 0 Å². The van der Waals surface area contributed by atoms with Gasteiger partial charge in [-0.25, -0.2) is 4.98 Å². The largest absolute Gasteiger partial charge is 0.351 e. The van der Waals surface area contributed by atoms with Gasteiger partial charge in [0.25, 0.3) is 11.5 Å². The molecule has 0 bridgehead atoms. The number of rotatable bonds is 5. The van der Waals surface area contributed by atoms with Gasteiger partial charge in [-0.1, -0.05) is 66.7 Å². The van der Waals surface area contributed by atoms with Crippen molar-refractivity contribution in [1.29, 1.82) is 0 Å². The molecule has 0 saturated carbocycles. The molecule has 0 saturated heterocycles. The SMILES string of the molecule is O=C(NCCCc1ccccc1)c1cc2c3ccccc3n3c(=O)c4ccccc4c(n1)c23. The topological polar surface area (TPSA) is 63.5 Å². The number of pyridine rings is 2. The number of aryl methyl sites for hydroxylation is 1. The van der Waals surface area contributed by atoms with Crippen molar-refractivity contribution in [2.24, 2.45) is 0 Å². The van der Waals surface area contributed by atoms with Crippen molar-refractivity contribution in [2.45, 2.75) is 12.8 Å². The van der Waals surface area contributed by atoms with Gasteiger partial charge in [-0.15, -0.1) is 0 Å².